The van der Waals surface area contributed by atoms with E-state index in [-0.39, 0.29) is 5.60 Å². The molecule has 1 saturated heterocycles. The fourth-order valence-electron chi connectivity index (χ4n) is 4.67. The van der Waals surface area contributed by atoms with E-state index in [4.69, 9.17) is 9.47 Å². The predicted molar refractivity (Wildman–Crippen MR) is 145 cm³/mol. The van der Waals surface area contributed by atoms with Crippen molar-refractivity contribution in [3.63, 3.8) is 0 Å². The molecule has 6 rings (SSSR count). The third-order valence-electron chi connectivity index (χ3n) is 6.78. The van der Waals surface area contributed by atoms with Gasteiger partial charge >= 0.3 is 0 Å². The quantitative estimate of drug-likeness (QED) is 0.351. The third kappa shape index (κ3) is 5.03. The lowest BCUT2D eigenvalue weighted by molar-refractivity contribution is 0.0537. The van der Waals surface area contributed by atoms with E-state index in [1.807, 2.05) is 62.4 Å². The summed E-state index contributed by atoms with van der Waals surface area (Å²) in [6.07, 6.45) is 5.23. The van der Waals surface area contributed by atoms with E-state index >= 15 is 0 Å². The first-order valence-corrected chi connectivity index (χ1v) is 12.5. The summed E-state index contributed by atoms with van der Waals surface area (Å²) in [5, 5.41) is 11.1. The molecule has 4 aromatic rings. The van der Waals surface area contributed by atoms with Gasteiger partial charge < -0.3 is 25.4 Å². The van der Waals surface area contributed by atoms with Gasteiger partial charge in [0.25, 0.3) is 6.02 Å². The average Bonchev–Trinajstić information content (AvgIpc) is 3.28. The van der Waals surface area contributed by atoms with Crippen molar-refractivity contribution in [2.24, 2.45) is 4.99 Å². The third-order valence-corrected chi connectivity index (χ3v) is 6.78. The number of anilines is 3. The minimum absolute atomic E-state index is 0.177. The molecule has 3 N–H and O–H groups in total. The van der Waals surface area contributed by atoms with Crippen molar-refractivity contribution < 1.29 is 9.47 Å². The second kappa shape index (κ2) is 9.67. The van der Waals surface area contributed by atoms with Crippen molar-refractivity contribution in [2.45, 2.75) is 32.3 Å². The summed E-state index contributed by atoms with van der Waals surface area (Å²) >= 11 is 0. The Morgan fingerprint density at radius 3 is 2.57 bits per heavy atom. The van der Waals surface area contributed by atoms with E-state index in [1.54, 1.807) is 12.5 Å². The maximum absolute atomic E-state index is 6.24. The van der Waals surface area contributed by atoms with Crippen LogP contribution in [0.4, 0.5) is 17.2 Å². The van der Waals surface area contributed by atoms with Crippen molar-refractivity contribution >= 4 is 34.1 Å². The Morgan fingerprint density at radius 2 is 1.76 bits per heavy atom. The van der Waals surface area contributed by atoms with Gasteiger partial charge in [0.15, 0.2) is 0 Å². The zero-order chi connectivity index (χ0) is 25.2. The number of pyridine rings is 1. The molecular weight excluding hydrogens is 466 g/mol. The molecule has 9 heteroatoms. The van der Waals surface area contributed by atoms with Crippen LogP contribution in [0.25, 0.3) is 10.9 Å². The number of aryl methyl sites for hydroxylation is 2. The number of rotatable bonds is 5. The zero-order valence-electron chi connectivity index (χ0n) is 20.9. The second-order valence-electron chi connectivity index (χ2n) is 9.58. The topological polar surface area (TPSA) is 106 Å². The first kappa shape index (κ1) is 23.2. The Kier molecular flexibility index (Phi) is 6.05. The fourth-order valence-corrected chi connectivity index (χ4v) is 4.67. The summed E-state index contributed by atoms with van der Waals surface area (Å²) in [6, 6.07) is 16.3. The minimum Gasteiger partial charge on any atom is -0.456 e. The van der Waals surface area contributed by atoms with Crippen LogP contribution in [0.2, 0.25) is 0 Å². The number of aromatic nitrogens is 3. The van der Waals surface area contributed by atoms with Gasteiger partial charge in [0, 0.05) is 35.3 Å². The van der Waals surface area contributed by atoms with Crippen LogP contribution in [0, 0.1) is 13.8 Å². The molecule has 37 heavy (non-hydrogen) atoms. The number of nitrogens with zero attached hydrogens (tertiary/aromatic N) is 4. The minimum atomic E-state index is -0.177. The summed E-state index contributed by atoms with van der Waals surface area (Å²) in [7, 11) is 0. The van der Waals surface area contributed by atoms with Gasteiger partial charge in [-0.05, 0) is 81.0 Å². The summed E-state index contributed by atoms with van der Waals surface area (Å²) in [5.41, 5.74) is 4.39. The SMILES string of the molecule is Cc1ccc(Oc2ccc(Nc3ncnc4ccc(NC5=NCC6(CCNCC6)O5)cc34)cc2C)cn1. The first-order valence-electron chi connectivity index (χ1n) is 12.5. The standard InChI is InChI=1S/C28H29N7O2/c1-18-13-20(5-8-25(18)36-22-6-3-19(2)30-15-22)34-26-23-14-21(4-7-24(23)32-17-33-26)35-27-31-16-28(37-27)9-11-29-12-10-28/h3-8,13-15,17,29H,9-12,16H2,1-2H3,(H,31,35)(H,32,33,34). The smallest absolute Gasteiger partial charge is 0.289 e. The predicted octanol–water partition coefficient (Wildman–Crippen LogP) is 5.10. The molecule has 0 bridgehead atoms. The number of piperidine rings is 1. The Morgan fingerprint density at radius 1 is 0.919 bits per heavy atom. The van der Waals surface area contributed by atoms with Gasteiger partial charge in [-0.2, -0.15) is 0 Å². The maximum atomic E-state index is 6.24. The van der Waals surface area contributed by atoms with E-state index < -0.39 is 0 Å². The van der Waals surface area contributed by atoms with Crippen LogP contribution in [0.5, 0.6) is 11.5 Å². The lowest BCUT2D eigenvalue weighted by atomic mass is 9.93. The van der Waals surface area contributed by atoms with Crippen molar-refractivity contribution in [1.82, 2.24) is 20.3 Å². The van der Waals surface area contributed by atoms with Gasteiger partial charge in [0.05, 0.1) is 18.3 Å². The molecule has 4 heterocycles. The molecule has 1 fully saturated rings. The number of aliphatic imine (C=N–C) groups is 1. The molecule has 0 atom stereocenters. The van der Waals surface area contributed by atoms with E-state index in [1.165, 1.54) is 0 Å². The van der Waals surface area contributed by atoms with Crippen LogP contribution >= 0.6 is 0 Å². The molecule has 0 unspecified atom stereocenters. The number of ether oxygens (including phenoxy) is 2. The largest absolute Gasteiger partial charge is 0.456 e. The van der Waals surface area contributed by atoms with Gasteiger partial charge in [-0.25, -0.2) is 15.0 Å². The van der Waals surface area contributed by atoms with Crippen LogP contribution in [0.3, 0.4) is 0 Å². The zero-order valence-corrected chi connectivity index (χ0v) is 20.9. The molecular formula is C28H29N7O2. The Labute approximate surface area is 215 Å². The van der Waals surface area contributed by atoms with Crippen LogP contribution in [0.1, 0.15) is 24.1 Å². The number of nitrogens with one attached hydrogen (secondary N) is 3. The molecule has 1 spiro atoms. The molecule has 2 aliphatic heterocycles. The molecule has 2 aromatic heterocycles. The lowest BCUT2D eigenvalue weighted by Gasteiger charge is -2.32. The van der Waals surface area contributed by atoms with E-state index in [0.29, 0.717) is 24.1 Å². The summed E-state index contributed by atoms with van der Waals surface area (Å²) in [4.78, 5) is 17.9. The van der Waals surface area contributed by atoms with Gasteiger partial charge in [-0.3, -0.25) is 4.98 Å². The Balaban J connectivity index is 1.19. The summed E-state index contributed by atoms with van der Waals surface area (Å²) in [5.74, 6) is 2.20. The highest BCUT2D eigenvalue weighted by molar-refractivity contribution is 5.97. The molecule has 2 aromatic carbocycles. The average molecular weight is 496 g/mol. The molecule has 9 nitrogen and oxygen atoms in total. The summed E-state index contributed by atoms with van der Waals surface area (Å²) < 4.78 is 12.3. The highest BCUT2D eigenvalue weighted by Gasteiger charge is 2.39. The van der Waals surface area contributed by atoms with Gasteiger partial charge in [-0.15, -0.1) is 0 Å². The van der Waals surface area contributed by atoms with Crippen LogP contribution in [-0.2, 0) is 4.74 Å². The summed E-state index contributed by atoms with van der Waals surface area (Å²) in [6.45, 7) is 6.58. The van der Waals surface area contributed by atoms with E-state index in [9.17, 15) is 0 Å². The van der Waals surface area contributed by atoms with Crippen molar-refractivity contribution in [2.75, 3.05) is 30.3 Å². The molecule has 0 saturated carbocycles. The van der Waals surface area contributed by atoms with E-state index in [2.05, 4.69) is 35.9 Å². The monoisotopic (exact) mass is 495 g/mol. The van der Waals surface area contributed by atoms with Crippen LogP contribution < -0.4 is 20.7 Å². The number of fused-ring (bicyclic) bond motifs is 1. The highest BCUT2D eigenvalue weighted by Crippen LogP contribution is 2.32. The van der Waals surface area contributed by atoms with Crippen LogP contribution in [0.15, 0.2) is 66.0 Å². The van der Waals surface area contributed by atoms with Gasteiger partial charge in [0.2, 0.25) is 0 Å². The number of hydrogen-bond donors (Lipinski definition) is 3. The maximum Gasteiger partial charge on any atom is 0.289 e. The fraction of sp³-hybridized carbons (Fsp3) is 0.286. The normalized spacial score (nSPS) is 16.3. The lowest BCUT2D eigenvalue weighted by Crippen LogP contribution is -2.45. The van der Waals surface area contributed by atoms with Crippen LogP contribution in [-0.4, -0.2) is 46.2 Å². The Hall–Kier alpha value is -4.24. The molecule has 188 valence electrons. The highest BCUT2D eigenvalue weighted by atomic mass is 16.5. The van der Waals surface area contributed by atoms with E-state index in [0.717, 1.165) is 65.2 Å². The van der Waals surface area contributed by atoms with Gasteiger partial charge in [0.1, 0.15) is 29.2 Å². The second-order valence-corrected chi connectivity index (χ2v) is 9.58. The first-order chi connectivity index (χ1) is 18.1. The number of benzene rings is 2. The van der Waals surface area contributed by atoms with Crippen molar-refractivity contribution in [1.29, 1.82) is 0 Å². The number of amidine groups is 1. The van der Waals surface area contributed by atoms with Crippen molar-refractivity contribution in [3.05, 3.63) is 72.3 Å². The van der Waals surface area contributed by atoms with Crippen molar-refractivity contribution in [3.8, 4) is 11.5 Å². The number of hydrogen-bond acceptors (Lipinski definition) is 9. The molecule has 2 aliphatic rings. The Bertz CT molecular complexity index is 1460. The van der Waals surface area contributed by atoms with Gasteiger partial charge in [-0.1, -0.05) is 0 Å². The molecule has 0 amide bonds. The molecule has 0 radical (unpaired) electrons. The molecule has 0 aliphatic carbocycles.